The van der Waals surface area contributed by atoms with Crippen LogP contribution < -0.4 is 0 Å². The van der Waals surface area contributed by atoms with Gasteiger partial charge in [-0.05, 0) is 133 Å². The molecular weight excluding hydrogens is 833 g/mol. The minimum Gasteiger partial charge on any atom is -0.309 e. The lowest BCUT2D eigenvalue weighted by molar-refractivity contribution is 0.767. The van der Waals surface area contributed by atoms with E-state index in [2.05, 4.69) is 276 Å². The van der Waals surface area contributed by atoms with Crippen LogP contribution in [0.1, 0.15) is 22.3 Å². The second-order valence-electron chi connectivity index (χ2n) is 18.4. The van der Waals surface area contributed by atoms with Crippen molar-refractivity contribution >= 4 is 43.6 Å². The predicted octanol–water partition coefficient (Wildman–Crippen LogP) is 17.2. The van der Waals surface area contributed by atoms with E-state index in [-0.39, 0.29) is 0 Å². The number of hydrogen-bond acceptors (Lipinski definition) is 0. The van der Waals surface area contributed by atoms with Crippen LogP contribution in [0.2, 0.25) is 0 Å². The molecule has 322 valence electrons. The Kier molecular flexibility index (Phi) is 8.84. The molecule has 69 heavy (non-hydrogen) atoms. The van der Waals surface area contributed by atoms with Crippen LogP contribution in [0.5, 0.6) is 0 Å². The summed E-state index contributed by atoms with van der Waals surface area (Å²) < 4.78 is 4.93. The number of aromatic nitrogens is 2. The summed E-state index contributed by atoms with van der Waals surface area (Å²) in [5, 5.41) is 4.94. The molecule has 0 fully saturated rings. The fourth-order valence-corrected chi connectivity index (χ4v) is 11.8. The summed E-state index contributed by atoms with van der Waals surface area (Å²) in [6, 6.07) is 98.6. The summed E-state index contributed by atoms with van der Waals surface area (Å²) in [6.07, 6.45) is 0. The zero-order valence-corrected chi connectivity index (χ0v) is 37.8. The van der Waals surface area contributed by atoms with E-state index in [1.807, 2.05) is 0 Å². The van der Waals surface area contributed by atoms with Gasteiger partial charge >= 0.3 is 0 Å². The maximum absolute atomic E-state index is 2.48. The van der Waals surface area contributed by atoms with Crippen LogP contribution in [0.3, 0.4) is 0 Å². The van der Waals surface area contributed by atoms with Gasteiger partial charge in [-0.2, -0.15) is 0 Å². The Hall–Kier alpha value is -8.98. The van der Waals surface area contributed by atoms with Gasteiger partial charge in [0.05, 0.1) is 27.5 Å². The third-order valence-electron chi connectivity index (χ3n) is 14.8. The van der Waals surface area contributed by atoms with E-state index in [1.165, 1.54) is 110 Å². The Morgan fingerprint density at radius 3 is 1.46 bits per heavy atom. The van der Waals surface area contributed by atoms with Gasteiger partial charge in [-0.15, -0.1) is 0 Å². The largest absolute Gasteiger partial charge is 0.309 e. The third-order valence-corrected chi connectivity index (χ3v) is 14.8. The molecule has 0 spiro atoms. The molecule has 0 unspecified atom stereocenters. The van der Waals surface area contributed by atoms with Gasteiger partial charge < -0.3 is 9.13 Å². The van der Waals surface area contributed by atoms with Crippen molar-refractivity contribution in [3.8, 4) is 55.9 Å². The van der Waals surface area contributed by atoms with Gasteiger partial charge in [-0.25, -0.2) is 0 Å². The first-order valence-corrected chi connectivity index (χ1v) is 23.9. The summed E-state index contributed by atoms with van der Waals surface area (Å²) in [4.78, 5) is 0. The standard InChI is InChI=1S/C67H44N2/c1-6-20-45(21-7-1)49-42-57(46-22-8-2-9-23-46)66-59-41-48(35-39-64(59)68(65(66)43-49)52-28-14-5-15-29-52)47-34-38-63-58(40-47)56-31-17-19-33-62(56)69(63)53-36-37-55-54-30-16-18-32-60(54)67(61(55)44-53,50-24-10-3-11-25-50)51-26-12-4-13-27-51/h1-44H. The Labute approximate surface area is 401 Å². The van der Waals surface area contributed by atoms with E-state index in [9.17, 15) is 0 Å². The molecule has 0 atom stereocenters. The first-order chi connectivity index (χ1) is 34.2. The fraction of sp³-hybridized carbons (Fsp3) is 0.0149. The van der Waals surface area contributed by atoms with Crippen molar-refractivity contribution in [1.29, 1.82) is 0 Å². The molecule has 0 aliphatic heterocycles. The Balaban J connectivity index is 0.979. The molecule has 0 N–H and O–H groups in total. The van der Waals surface area contributed by atoms with Gasteiger partial charge in [0.2, 0.25) is 0 Å². The van der Waals surface area contributed by atoms with Crippen LogP contribution in [-0.2, 0) is 5.41 Å². The first-order valence-electron chi connectivity index (χ1n) is 23.9. The van der Waals surface area contributed by atoms with E-state index in [4.69, 9.17) is 0 Å². The van der Waals surface area contributed by atoms with Crippen LogP contribution >= 0.6 is 0 Å². The summed E-state index contributed by atoms with van der Waals surface area (Å²) in [6.45, 7) is 0. The highest BCUT2D eigenvalue weighted by Gasteiger charge is 2.46. The summed E-state index contributed by atoms with van der Waals surface area (Å²) >= 11 is 0. The van der Waals surface area contributed by atoms with Crippen molar-refractivity contribution < 1.29 is 0 Å². The summed E-state index contributed by atoms with van der Waals surface area (Å²) in [5.41, 5.74) is 21.5. The zero-order valence-electron chi connectivity index (χ0n) is 37.8. The maximum atomic E-state index is 2.48. The highest BCUT2D eigenvalue weighted by atomic mass is 15.0. The molecule has 2 heterocycles. The summed E-state index contributed by atoms with van der Waals surface area (Å²) in [5.74, 6) is 0. The van der Waals surface area contributed by atoms with Crippen LogP contribution in [0.25, 0.3) is 99.5 Å². The molecule has 1 aliphatic carbocycles. The lowest BCUT2D eigenvalue weighted by Crippen LogP contribution is -2.28. The SMILES string of the molecule is c1ccc(-c2cc(-c3ccccc3)c3c4cc(-c5ccc6c(c5)c5ccccc5n6-c5ccc6c(c5)C(c5ccccc5)(c5ccccc5)c5ccccc5-6)ccc4n(-c4ccccc4)c3c2)cc1. The molecule has 2 aromatic heterocycles. The highest BCUT2D eigenvalue weighted by Crippen LogP contribution is 2.56. The van der Waals surface area contributed by atoms with Crippen molar-refractivity contribution in [3.05, 3.63) is 289 Å². The van der Waals surface area contributed by atoms with Gasteiger partial charge in [0, 0.05) is 32.9 Å². The molecule has 0 saturated heterocycles. The van der Waals surface area contributed by atoms with Gasteiger partial charge in [0.15, 0.2) is 0 Å². The number of nitrogens with zero attached hydrogens (tertiary/aromatic N) is 2. The third kappa shape index (κ3) is 5.92. The van der Waals surface area contributed by atoms with Crippen molar-refractivity contribution in [2.75, 3.05) is 0 Å². The lowest BCUT2D eigenvalue weighted by atomic mass is 9.67. The predicted molar refractivity (Wildman–Crippen MR) is 289 cm³/mol. The molecular formula is C67H44N2. The molecule has 13 aromatic rings. The topological polar surface area (TPSA) is 9.86 Å². The van der Waals surface area contributed by atoms with Crippen molar-refractivity contribution in [2.45, 2.75) is 5.41 Å². The van der Waals surface area contributed by atoms with Crippen molar-refractivity contribution in [3.63, 3.8) is 0 Å². The number of hydrogen-bond donors (Lipinski definition) is 0. The molecule has 1 aliphatic rings. The molecule has 0 amide bonds. The van der Waals surface area contributed by atoms with Crippen LogP contribution in [0.4, 0.5) is 0 Å². The van der Waals surface area contributed by atoms with E-state index in [1.54, 1.807) is 0 Å². The van der Waals surface area contributed by atoms with Gasteiger partial charge in [-0.1, -0.05) is 200 Å². The number of rotatable bonds is 7. The molecule has 2 heteroatoms. The second-order valence-corrected chi connectivity index (χ2v) is 18.4. The van der Waals surface area contributed by atoms with E-state index < -0.39 is 5.41 Å². The lowest BCUT2D eigenvalue weighted by Gasteiger charge is -2.34. The monoisotopic (exact) mass is 876 g/mol. The van der Waals surface area contributed by atoms with E-state index in [0.717, 1.165) is 11.4 Å². The average Bonchev–Trinajstić information content (AvgIpc) is 4.05. The van der Waals surface area contributed by atoms with Gasteiger partial charge in [-0.3, -0.25) is 0 Å². The average molecular weight is 877 g/mol. The van der Waals surface area contributed by atoms with Crippen LogP contribution in [-0.4, -0.2) is 9.13 Å². The second kappa shape index (κ2) is 15.6. The number of para-hydroxylation sites is 2. The molecule has 14 rings (SSSR count). The Bertz CT molecular complexity index is 4050. The van der Waals surface area contributed by atoms with E-state index in [0.29, 0.717) is 0 Å². The smallest absolute Gasteiger partial charge is 0.0714 e. The molecule has 11 aromatic carbocycles. The Morgan fingerprint density at radius 1 is 0.246 bits per heavy atom. The number of fused-ring (bicyclic) bond motifs is 9. The molecule has 0 bridgehead atoms. The van der Waals surface area contributed by atoms with Crippen molar-refractivity contribution in [1.82, 2.24) is 9.13 Å². The number of benzene rings is 11. The quantitative estimate of drug-likeness (QED) is 0.151. The van der Waals surface area contributed by atoms with Gasteiger partial charge in [0.1, 0.15) is 0 Å². The minimum absolute atomic E-state index is 0.484. The first kappa shape index (κ1) is 39.2. The molecule has 2 nitrogen and oxygen atoms in total. The van der Waals surface area contributed by atoms with Gasteiger partial charge in [0.25, 0.3) is 0 Å². The maximum Gasteiger partial charge on any atom is 0.0714 e. The zero-order chi connectivity index (χ0) is 45.5. The normalized spacial score (nSPS) is 12.8. The van der Waals surface area contributed by atoms with E-state index >= 15 is 0 Å². The highest BCUT2D eigenvalue weighted by molar-refractivity contribution is 6.18. The Morgan fingerprint density at radius 2 is 0.768 bits per heavy atom. The summed E-state index contributed by atoms with van der Waals surface area (Å²) in [7, 11) is 0. The van der Waals surface area contributed by atoms with Crippen LogP contribution in [0.15, 0.2) is 267 Å². The van der Waals surface area contributed by atoms with Crippen LogP contribution in [0, 0.1) is 0 Å². The molecule has 0 saturated carbocycles. The van der Waals surface area contributed by atoms with Crippen molar-refractivity contribution in [2.24, 2.45) is 0 Å². The fourth-order valence-electron chi connectivity index (χ4n) is 11.8. The molecule has 0 radical (unpaired) electrons. The minimum atomic E-state index is -0.484.